The fourth-order valence-electron chi connectivity index (χ4n) is 5.79. The lowest BCUT2D eigenvalue weighted by molar-refractivity contribution is -0.123. The minimum atomic E-state index is -2.51. The number of aryl methyl sites for hydroxylation is 2. The second kappa shape index (κ2) is 6.37. The Morgan fingerprint density at radius 2 is 2.00 bits per heavy atom. The molecule has 0 radical (unpaired) electrons. The van der Waals surface area contributed by atoms with E-state index < -0.39 is 17.8 Å². The summed E-state index contributed by atoms with van der Waals surface area (Å²) in [6.45, 7) is 3.79. The number of carbonyl (C=O) groups is 1. The minimum Gasteiger partial charge on any atom is -0.361 e. The van der Waals surface area contributed by atoms with Gasteiger partial charge in [-0.2, -0.15) is 0 Å². The zero-order valence-electron chi connectivity index (χ0n) is 17.5. The summed E-state index contributed by atoms with van der Waals surface area (Å²) >= 11 is 0. The van der Waals surface area contributed by atoms with Crippen LogP contribution < -0.4 is 5.32 Å². The number of nitrogens with zero attached hydrogens (tertiary/aromatic N) is 3. The SMILES string of the molecule is Cc1noc(C)c1-c1ccc2c(c1)nc([C@@H]1CCCC(=O)N1)n2C1CC2C(C1)C2(F)F. The molecule has 8 heteroatoms. The molecule has 1 aromatic carbocycles. The molecule has 1 aliphatic heterocycles. The summed E-state index contributed by atoms with van der Waals surface area (Å²) < 4.78 is 35.2. The molecule has 3 aromatic rings. The number of alkyl halides is 2. The van der Waals surface area contributed by atoms with Crippen LogP contribution in [0.15, 0.2) is 22.7 Å². The zero-order valence-corrected chi connectivity index (χ0v) is 17.5. The summed E-state index contributed by atoms with van der Waals surface area (Å²) in [5.74, 6) is -2.01. The Balaban J connectivity index is 1.46. The first-order valence-corrected chi connectivity index (χ1v) is 11.0. The molecule has 3 fully saturated rings. The van der Waals surface area contributed by atoms with Crippen molar-refractivity contribution in [3.8, 4) is 11.1 Å². The van der Waals surface area contributed by atoms with Crippen LogP contribution in [0.3, 0.4) is 0 Å². The smallest absolute Gasteiger partial charge is 0.254 e. The standard InChI is InChI=1S/C23H24F2N4O2/c1-11-21(12(2)31-28-11)13-6-7-19-18(8-13)27-22(17-4-3-5-20(30)26-17)29(19)14-9-15-16(10-14)23(15,24)25/h6-8,14-17H,3-5,9-10H2,1-2H3,(H,26,30)/t14?,15?,16?,17-/m0/s1. The highest BCUT2D eigenvalue weighted by Gasteiger charge is 2.71. The third kappa shape index (κ3) is 2.76. The average molecular weight is 426 g/mol. The van der Waals surface area contributed by atoms with Crippen molar-refractivity contribution >= 4 is 16.9 Å². The molecule has 1 saturated heterocycles. The molecule has 2 aliphatic carbocycles. The Morgan fingerprint density at radius 1 is 1.23 bits per heavy atom. The van der Waals surface area contributed by atoms with Gasteiger partial charge in [0.05, 0.1) is 22.8 Å². The topological polar surface area (TPSA) is 72.9 Å². The first-order chi connectivity index (χ1) is 14.8. The fraction of sp³-hybridized carbons (Fsp3) is 0.522. The van der Waals surface area contributed by atoms with Gasteiger partial charge in [-0.25, -0.2) is 13.8 Å². The van der Waals surface area contributed by atoms with Gasteiger partial charge in [0.15, 0.2) is 0 Å². The van der Waals surface area contributed by atoms with Crippen LogP contribution in [0.4, 0.5) is 8.78 Å². The lowest BCUT2D eigenvalue weighted by atomic mass is 10.0. The Hall–Kier alpha value is -2.77. The van der Waals surface area contributed by atoms with Gasteiger partial charge in [0.1, 0.15) is 11.6 Å². The van der Waals surface area contributed by atoms with E-state index in [1.807, 2.05) is 32.0 Å². The van der Waals surface area contributed by atoms with E-state index in [0.29, 0.717) is 19.3 Å². The van der Waals surface area contributed by atoms with Gasteiger partial charge in [-0.05, 0) is 57.2 Å². The van der Waals surface area contributed by atoms with Gasteiger partial charge in [0, 0.05) is 29.9 Å². The van der Waals surface area contributed by atoms with Crippen LogP contribution >= 0.6 is 0 Å². The highest BCUT2D eigenvalue weighted by atomic mass is 19.3. The third-order valence-corrected chi connectivity index (χ3v) is 7.36. The van der Waals surface area contributed by atoms with Gasteiger partial charge >= 0.3 is 0 Å². The van der Waals surface area contributed by atoms with Crippen LogP contribution in [0.2, 0.25) is 0 Å². The Kier molecular flexibility index (Phi) is 3.90. The molecule has 3 atom stereocenters. The van der Waals surface area contributed by atoms with E-state index >= 15 is 0 Å². The summed E-state index contributed by atoms with van der Waals surface area (Å²) in [5, 5.41) is 7.11. The molecule has 6 rings (SSSR count). The molecular formula is C23H24F2N4O2. The van der Waals surface area contributed by atoms with E-state index in [2.05, 4.69) is 15.0 Å². The highest BCUT2D eigenvalue weighted by molar-refractivity contribution is 5.84. The van der Waals surface area contributed by atoms with Crippen molar-refractivity contribution in [3.05, 3.63) is 35.5 Å². The van der Waals surface area contributed by atoms with E-state index in [1.54, 1.807) is 0 Å². The van der Waals surface area contributed by atoms with Crippen molar-refractivity contribution < 1.29 is 18.1 Å². The molecule has 0 bridgehead atoms. The van der Waals surface area contributed by atoms with E-state index in [4.69, 9.17) is 9.51 Å². The van der Waals surface area contributed by atoms with Gasteiger partial charge in [-0.1, -0.05) is 11.2 Å². The number of benzene rings is 1. The molecule has 31 heavy (non-hydrogen) atoms. The van der Waals surface area contributed by atoms with Crippen molar-refractivity contribution in [2.24, 2.45) is 11.8 Å². The molecule has 2 saturated carbocycles. The number of hydrogen-bond donors (Lipinski definition) is 1. The number of imidazole rings is 1. The molecule has 162 valence electrons. The number of rotatable bonds is 3. The fourth-order valence-corrected chi connectivity index (χ4v) is 5.79. The van der Waals surface area contributed by atoms with Gasteiger partial charge in [0.25, 0.3) is 5.92 Å². The molecule has 1 amide bonds. The number of nitrogens with one attached hydrogen (secondary N) is 1. The summed E-state index contributed by atoms with van der Waals surface area (Å²) in [7, 11) is 0. The van der Waals surface area contributed by atoms with E-state index in [0.717, 1.165) is 52.3 Å². The van der Waals surface area contributed by atoms with E-state index in [-0.39, 0.29) is 18.0 Å². The van der Waals surface area contributed by atoms with Gasteiger partial charge in [-0.15, -0.1) is 0 Å². The second-order valence-electron chi connectivity index (χ2n) is 9.27. The van der Waals surface area contributed by atoms with Crippen LogP contribution in [0.5, 0.6) is 0 Å². The molecule has 0 spiro atoms. The quantitative estimate of drug-likeness (QED) is 0.649. The van der Waals surface area contributed by atoms with Crippen molar-refractivity contribution in [2.75, 3.05) is 0 Å². The van der Waals surface area contributed by atoms with Crippen LogP contribution in [0.1, 0.15) is 61.5 Å². The van der Waals surface area contributed by atoms with Crippen LogP contribution in [0, 0.1) is 25.7 Å². The molecule has 3 heterocycles. The maximum Gasteiger partial charge on any atom is 0.254 e. The summed E-state index contributed by atoms with van der Waals surface area (Å²) in [4.78, 5) is 17.0. The Morgan fingerprint density at radius 3 is 2.68 bits per heavy atom. The largest absolute Gasteiger partial charge is 0.361 e. The molecule has 2 unspecified atom stereocenters. The van der Waals surface area contributed by atoms with Crippen molar-refractivity contribution in [1.82, 2.24) is 20.0 Å². The van der Waals surface area contributed by atoms with Crippen LogP contribution in [0.25, 0.3) is 22.2 Å². The maximum atomic E-state index is 13.9. The number of carbonyl (C=O) groups excluding carboxylic acids is 1. The first kappa shape index (κ1) is 19.0. The van der Waals surface area contributed by atoms with Crippen molar-refractivity contribution in [1.29, 1.82) is 0 Å². The number of hydrogen-bond acceptors (Lipinski definition) is 4. The number of amides is 1. The minimum absolute atomic E-state index is 0.0154. The summed E-state index contributed by atoms with van der Waals surface area (Å²) in [6.07, 6.45) is 3.05. The van der Waals surface area contributed by atoms with Gasteiger partial charge in [0.2, 0.25) is 5.91 Å². The number of piperidine rings is 1. The normalized spacial score (nSPS) is 29.2. The zero-order chi connectivity index (χ0) is 21.5. The second-order valence-corrected chi connectivity index (χ2v) is 9.27. The third-order valence-electron chi connectivity index (χ3n) is 7.36. The summed E-state index contributed by atoms with van der Waals surface area (Å²) in [5.41, 5.74) is 4.47. The lowest BCUT2D eigenvalue weighted by Gasteiger charge is -2.27. The molecule has 1 N–H and O–H groups in total. The van der Waals surface area contributed by atoms with Crippen LogP contribution in [-0.4, -0.2) is 26.5 Å². The van der Waals surface area contributed by atoms with Gasteiger partial charge in [-0.3, -0.25) is 4.79 Å². The van der Waals surface area contributed by atoms with E-state index in [1.165, 1.54) is 0 Å². The van der Waals surface area contributed by atoms with Crippen molar-refractivity contribution in [2.45, 2.75) is 64.0 Å². The van der Waals surface area contributed by atoms with Crippen molar-refractivity contribution in [3.63, 3.8) is 0 Å². The number of aromatic nitrogens is 3. The number of fused-ring (bicyclic) bond motifs is 2. The molecule has 3 aliphatic rings. The molecule has 2 aromatic heterocycles. The lowest BCUT2D eigenvalue weighted by Crippen LogP contribution is -2.34. The van der Waals surface area contributed by atoms with Crippen LogP contribution in [-0.2, 0) is 4.79 Å². The number of halogens is 2. The predicted octanol–water partition coefficient (Wildman–Crippen LogP) is 4.87. The molecular weight excluding hydrogens is 402 g/mol. The highest BCUT2D eigenvalue weighted by Crippen LogP contribution is 2.67. The predicted molar refractivity (Wildman–Crippen MR) is 110 cm³/mol. The maximum absolute atomic E-state index is 13.9. The molecule has 6 nitrogen and oxygen atoms in total. The monoisotopic (exact) mass is 426 g/mol. The first-order valence-electron chi connectivity index (χ1n) is 11.0. The van der Waals surface area contributed by atoms with E-state index in [9.17, 15) is 13.6 Å². The van der Waals surface area contributed by atoms with Gasteiger partial charge < -0.3 is 14.4 Å². The average Bonchev–Trinajstić information content (AvgIpc) is 3.22. The Labute approximate surface area is 178 Å². The Bertz CT molecular complexity index is 1180. The summed E-state index contributed by atoms with van der Waals surface area (Å²) in [6, 6.07) is 5.84.